The number of benzene rings is 1. The van der Waals surface area contributed by atoms with Gasteiger partial charge in [-0.05, 0) is 30.7 Å². The largest absolute Gasteiger partial charge is 0.573 e. The van der Waals surface area contributed by atoms with E-state index in [1.807, 2.05) is 11.9 Å². The van der Waals surface area contributed by atoms with Gasteiger partial charge in [-0.1, -0.05) is 6.92 Å². The van der Waals surface area contributed by atoms with Gasteiger partial charge in [0.15, 0.2) is 0 Å². The highest BCUT2D eigenvalue weighted by Gasteiger charge is 2.31. The summed E-state index contributed by atoms with van der Waals surface area (Å²) in [5.41, 5.74) is 3.68. The van der Waals surface area contributed by atoms with Gasteiger partial charge in [0, 0.05) is 38.3 Å². The van der Waals surface area contributed by atoms with E-state index >= 15 is 0 Å². The number of ether oxygens (including phenoxy) is 1. The molecular weight excluding hydrogens is 311 g/mol. The van der Waals surface area contributed by atoms with Gasteiger partial charge < -0.3 is 9.64 Å². The topological polar surface area (TPSA) is 44.8 Å². The minimum absolute atomic E-state index is 0.00889. The van der Waals surface area contributed by atoms with Gasteiger partial charge in [-0.2, -0.15) is 0 Å². The molecule has 128 valence electrons. The normalized spacial score (nSPS) is 16.3. The maximum atomic E-state index is 12.1. The zero-order chi connectivity index (χ0) is 16.9. The molecule has 1 amide bonds. The molecule has 1 N–H and O–H groups in total. The first-order valence-corrected chi connectivity index (χ1v) is 7.52. The van der Waals surface area contributed by atoms with Crippen molar-refractivity contribution in [3.63, 3.8) is 0 Å². The predicted molar refractivity (Wildman–Crippen MR) is 80.0 cm³/mol. The summed E-state index contributed by atoms with van der Waals surface area (Å²) in [6, 6.07) is 5.81. The summed E-state index contributed by atoms with van der Waals surface area (Å²) >= 11 is 0. The van der Waals surface area contributed by atoms with Crippen molar-refractivity contribution in [3.05, 3.63) is 24.3 Å². The molecular formula is C15H20F3N3O2. The van der Waals surface area contributed by atoms with E-state index in [9.17, 15) is 18.0 Å². The summed E-state index contributed by atoms with van der Waals surface area (Å²) < 4.78 is 40.2. The Morgan fingerprint density at radius 2 is 1.78 bits per heavy atom. The molecule has 1 fully saturated rings. The molecule has 2 rings (SSSR count). The predicted octanol–water partition coefficient (Wildman–Crippen LogP) is 2.54. The van der Waals surface area contributed by atoms with Crippen molar-refractivity contribution in [2.75, 3.05) is 31.1 Å². The summed E-state index contributed by atoms with van der Waals surface area (Å²) in [6.45, 7) is 4.65. The van der Waals surface area contributed by atoms with E-state index in [1.54, 1.807) is 12.1 Å². The number of halogens is 3. The average Bonchev–Trinajstić information content (AvgIpc) is 2.47. The summed E-state index contributed by atoms with van der Waals surface area (Å²) in [7, 11) is 0. The van der Waals surface area contributed by atoms with Crippen molar-refractivity contribution >= 4 is 11.6 Å². The first kappa shape index (κ1) is 17.4. The van der Waals surface area contributed by atoms with Gasteiger partial charge in [-0.3, -0.25) is 10.2 Å². The Morgan fingerprint density at radius 1 is 1.17 bits per heavy atom. The molecule has 1 saturated heterocycles. The first-order chi connectivity index (χ1) is 10.9. The minimum Gasteiger partial charge on any atom is -0.406 e. The molecule has 0 unspecified atom stereocenters. The maximum absolute atomic E-state index is 12.1. The van der Waals surface area contributed by atoms with Crippen molar-refractivity contribution in [1.82, 2.24) is 10.4 Å². The van der Waals surface area contributed by atoms with Crippen LogP contribution in [0.3, 0.4) is 0 Å². The van der Waals surface area contributed by atoms with Crippen molar-refractivity contribution in [3.8, 4) is 5.75 Å². The quantitative estimate of drug-likeness (QED) is 0.901. The molecule has 5 nitrogen and oxygen atoms in total. The Balaban J connectivity index is 1.84. The van der Waals surface area contributed by atoms with Crippen LogP contribution in [0.25, 0.3) is 0 Å². The lowest BCUT2D eigenvalue weighted by Crippen LogP contribution is -2.53. The molecule has 0 aliphatic carbocycles. The van der Waals surface area contributed by atoms with E-state index in [-0.39, 0.29) is 11.7 Å². The molecule has 1 aromatic carbocycles. The van der Waals surface area contributed by atoms with Crippen LogP contribution < -0.4 is 15.1 Å². The summed E-state index contributed by atoms with van der Waals surface area (Å²) in [5.74, 6) is -0.221. The van der Waals surface area contributed by atoms with Crippen LogP contribution in [0.4, 0.5) is 18.9 Å². The third kappa shape index (κ3) is 5.63. The van der Waals surface area contributed by atoms with Gasteiger partial charge >= 0.3 is 6.36 Å². The number of hydrazine groups is 1. The van der Waals surface area contributed by atoms with Gasteiger partial charge in [0.05, 0.1) is 0 Å². The molecule has 1 heterocycles. The van der Waals surface area contributed by atoms with Crippen LogP contribution >= 0.6 is 0 Å². The molecule has 1 aliphatic heterocycles. The lowest BCUT2D eigenvalue weighted by Gasteiger charge is -2.36. The number of hydrogen-bond acceptors (Lipinski definition) is 4. The fraction of sp³-hybridized carbons (Fsp3) is 0.533. The zero-order valence-electron chi connectivity index (χ0n) is 12.9. The molecule has 0 saturated carbocycles. The molecule has 1 aromatic rings. The van der Waals surface area contributed by atoms with Crippen LogP contribution in [0.1, 0.15) is 19.8 Å². The van der Waals surface area contributed by atoms with Crippen LogP contribution in [0.15, 0.2) is 24.3 Å². The Kier molecular flexibility index (Phi) is 5.70. The van der Waals surface area contributed by atoms with Crippen LogP contribution in [0.5, 0.6) is 5.75 Å². The standard InChI is InChI=1S/C15H20F3N3O2/c1-2-3-14(22)19-21-10-8-20(9-11-21)12-4-6-13(7-5-12)23-15(16,17)18/h4-7H,2-3,8-11H2,1H3,(H,19,22). The number of carbonyl (C=O) groups excluding carboxylic acids is 1. The third-order valence-corrected chi connectivity index (χ3v) is 3.47. The van der Waals surface area contributed by atoms with Crippen molar-refractivity contribution < 1.29 is 22.7 Å². The second kappa shape index (κ2) is 7.54. The molecule has 0 atom stereocenters. The highest BCUT2D eigenvalue weighted by atomic mass is 19.4. The van der Waals surface area contributed by atoms with Gasteiger partial charge in [-0.25, -0.2) is 5.01 Å². The number of hydrogen-bond donors (Lipinski definition) is 1. The molecule has 23 heavy (non-hydrogen) atoms. The van der Waals surface area contributed by atoms with E-state index < -0.39 is 6.36 Å². The monoisotopic (exact) mass is 331 g/mol. The number of alkyl halides is 3. The Hall–Kier alpha value is -1.96. The van der Waals surface area contributed by atoms with Crippen LogP contribution in [0, 0.1) is 0 Å². The number of nitrogens with one attached hydrogen (secondary N) is 1. The van der Waals surface area contributed by atoms with E-state index in [4.69, 9.17) is 0 Å². The van der Waals surface area contributed by atoms with E-state index in [0.29, 0.717) is 32.6 Å². The highest BCUT2D eigenvalue weighted by molar-refractivity contribution is 5.75. The number of piperazine rings is 1. The van der Waals surface area contributed by atoms with Crippen LogP contribution in [-0.4, -0.2) is 43.5 Å². The lowest BCUT2D eigenvalue weighted by molar-refractivity contribution is -0.274. The lowest BCUT2D eigenvalue weighted by atomic mass is 10.2. The summed E-state index contributed by atoms with van der Waals surface area (Å²) in [6.07, 6.45) is -3.37. The molecule has 0 spiro atoms. The molecule has 0 radical (unpaired) electrons. The second-order valence-corrected chi connectivity index (χ2v) is 5.30. The van der Waals surface area contributed by atoms with Crippen molar-refractivity contribution in [2.24, 2.45) is 0 Å². The fourth-order valence-corrected chi connectivity index (χ4v) is 2.39. The SMILES string of the molecule is CCCC(=O)NN1CCN(c2ccc(OC(F)(F)F)cc2)CC1. The zero-order valence-corrected chi connectivity index (χ0v) is 12.9. The van der Waals surface area contributed by atoms with Gasteiger partial charge in [0.2, 0.25) is 5.91 Å². The third-order valence-electron chi connectivity index (χ3n) is 3.47. The average molecular weight is 331 g/mol. The van der Waals surface area contributed by atoms with Gasteiger partial charge in [0.1, 0.15) is 5.75 Å². The minimum atomic E-state index is -4.68. The van der Waals surface area contributed by atoms with Crippen LogP contribution in [0.2, 0.25) is 0 Å². The smallest absolute Gasteiger partial charge is 0.406 e. The van der Waals surface area contributed by atoms with Crippen molar-refractivity contribution in [1.29, 1.82) is 0 Å². The molecule has 1 aliphatic rings. The Labute approximate surface area is 133 Å². The number of nitrogens with zero attached hydrogens (tertiary/aromatic N) is 2. The number of anilines is 1. The fourth-order valence-electron chi connectivity index (χ4n) is 2.39. The first-order valence-electron chi connectivity index (χ1n) is 7.52. The maximum Gasteiger partial charge on any atom is 0.573 e. The molecule has 8 heteroatoms. The molecule has 0 aromatic heterocycles. The Morgan fingerprint density at radius 3 is 2.30 bits per heavy atom. The second-order valence-electron chi connectivity index (χ2n) is 5.30. The van der Waals surface area contributed by atoms with Crippen LogP contribution in [-0.2, 0) is 4.79 Å². The molecule has 0 bridgehead atoms. The number of rotatable bonds is 5. The summed E-state index contributed by atoms with van der Waals surface area (Å²) in [5, 5.41) is 1.87. The van der Waals surface area contributed by atoms with Crippen molar-refractivity contribution in [2.45, 2.75) is 26.1 Å². The summed E-state index contributed by atoms with van der Waals surface area (Å²) in [4.78, 5) is 13.6. The number of carbonyl (C=O) groups is 1. The highest BCUT2D eigenvalue weighted by Crippen LogP contribution is 2.25. The van der Waals surface area contributed by atoms with Gasteiger partial charge in [-0.15, -0.1) is 13.2 Å². The Bertz CT molecular complexity index is 512. The van der Waals surface area contributed by atoms with Gasteiger partial charge in [0.25, 0.3) is 0 Å². The van der Waals surface area contributed by atoms with E-state index in [2.05, 4.69) is 15.1 Å². The van der Waals surface area contributed by atoms with E-state index in [1.165, 1.54) is 12.1 Å². The van der Waals surface area contributed by atoms with E-state index in [0.717, 1.165) is 12.1 Å². The number of amides is 1.